The number of methoxy groups -OCH3 is 1. The van der Waals surface area contributed by atoms with Crippen LogP contribution in [0, 0.1) is 5.82 Å². The van der Waals surface area contributed by atoms with Crippen molar-refractivity contribution < 1.29 is 13.9 Å². The molecule has 3 nitrogen and oxygen atoms in total. The van der Waals surface area contributed by atoms with Gasteiger partial charge in [0.2, 0.25) is 0 Å². The van der Waals surface area contributed by atoms with Gasteiger partial charge in [-0.1, -0.05) is 11.6 Å². The largest absolute Gasteiger partial charge is 0.495 e. The molecule has 88 valence electrons. The zero-order chi connectivity index (χ0) is 11.5. The lowest BCUT2D eigenvalue weighted by Crippen LogP contribution is -2.33. The maximum Gasteiger partial charge on any atom is 0.145 e. The number of morpholine rings is 1. The smallest absolute Gasteiger partial charge is 0.145 e. The third kappa shape index (κ3) is 2.29. The lowest BCUT2D eigenvalue weighted by molar-refractivity contribution is 0.0274. The maximum atomic E-state index is 13.5. The lowest BCUT2D eigenvalue weighted by atomic mass is 10.1. The molecule has 0 aromatic heterocycles. The highest BCUT2D eigenvalue weighted by Crippen LogP contribution is 2.32. The van der Waals surface area contributed by atoms with E-state index in [2.05, 4.69) is 5.32 Å². The van der Waals surface area contributed by atoms with E-state index in [4.69, 9.17) is 21.1 Å². The fourth-order valence-electron chi connectivity index (χ4n) is 1.70. The quantitative estimate of drug-likeness (QED) is 0.866. The predicted molar refractivity (Wildman–Crippen MR) is 59.5 cm³/mol. The summed E-state index contributed by atoms with van der Waals surface area (Å²) >= 11 is 5.75. The average Bonchev–Trinajstić information content (AvgIpc) is 2.33. The van der Waals surface area contributed by atoms with Gasteiger partial charge in [0.25, 0.3) is 0 Å². The number of benzene rings is 1. The van der Waals surface area contributed by atoms with Gasteiger partial charge < -0.3 is 14.8 Å². The van der Waals surface area contributed by atoms with Crippen molar-refractivity contribution in [2.45, 2.75) is 6.10 Å². The highest BCUT2D eigenvalue weighted by Gasteiger charge is 2.19. The Balaban J connectivity index is 2.29. The van der Waals surface area contributed by atoms with Crippen LogP contribution in [0.25, 0.3) is 0 Å². The fourth-order valence-corrected chi connectivity index (χ4v) is 1.88. The summed E-state index contributed by atoms with van der Waals surface area (Å²) in [6, 6.07) is 3.10. The molecule has 0 bridgehead atoms. The van der Waals surface area contributed by atoms with E-state index in [1.807, 2.05) is 0 Å². The first kappa shape index (κ1) is 11.6. The average molecular weight is 246 g/mol. The number of rotatable bonds is 2. The molecule has 1 aromatic rings. The molecule has 2 rings (SSSR count). The van der Waals surface area contributed by atoms with Crippen LogP contribution in [0.2, 0.25) is 5.02 Å². The van der Waals surface area contributed by atoms with Crippen LogP contribution in [-0.4, -0.2) is 26.8 Å². The first-order valence-electron chi connectivity index (χ1n) is 5.07. The summed E-state index contributed by atoms with van der Waals surface area (Å²) in [5, 5.41) is 3.19. The molecule has 1 heterocycles. The highest BCUT2D eigenvalue weighted by atomic mass is 35.5. The van der Waals surface area contributed by atoms with Gasteiger partial charge in [-0.05, 0) is 17.7 Å². The van der Waals surface area contributed by atoms with Crippen LogP contribution in [-0.2, 0) is 4.74 Å². The minimum absolute atomic E-state index is 0.00928. The van der Waals surface area contributed by atoms with Gasteiger partial charge >= 0.3 is 0 Å². The molecule has 1 aromatic carbocycles. The van der Waals surface area contributed by atoms with Crippen molar-refractivity contribution in [3.63, 3.8) is 0 Å². The number of hydrogen-bond donors (Lipinski definition) is 1. The molecule has 0 aliphatic carbocycles. The number of halogens is 2. The van der Waals surface area contributed by atoms with E-state index in [0.29, 0.717) is 18.9 Å². The second-order valence-corrected chi connectivity index (χ2v) is 3.96. The normalized spacial score (nSPS) is 20.8. The van der Waals surface area contributed by atoms with Crippen LogP contribution in [0.1, 0.15) is 11.7 Å². The highest BCUT2D eigenvalue weighted by molar-refractivity contribution is 6.32. The second kappa shape index (κ2) is 4.99. The van der Waals surface area contributed by atoms with Crippen LogP contribution in [0.4, 0.5) is 4.39 Å². The maximum absolute atomic E-state index is 13.5. The summed E-state index contributed by atoms with van der Waals surface area (Å²) in [6.07, 6.45) is -0.144. The summed E-state index contributed by atoms with van der Waals surface area (Å²) in [5.41, 5.74) is 0.742. The van der Waals surface area contributed by atoms with Crippen LogP contribution < -0.4 is 10.1 Å². The molecule has 0 amide bonds. The van der Waals surface area contributed by atoms with E-state index in [1.165, 1.54) is 13.2 Å². The molecule has 1 atom stereocenters. The Morgan fingerprint density at radius 2 is 2.38 bits per heavy atom. The molecule has 1 saturated heterocycles. The van der Waals surface area contributed by atoms with Crippen molar-refractivity contribution in [2.24, 2.45) is 0 Å². The van der Waals surface area contributed by atoms with Gasteiger partial charge in [-0.2, -0.15) is 0 Å². The summed E-state index contributed by atoms with van der Waals surface area (Å²) in [6.45, 7) is 2.12. The lowest BCUT2D eigenvalue weighted by Gasteiger charge is -2.24. The van der Waals surface area contributed by atoms with Crippen LogP contribution in [0.3, 0.4) is 0 Å². The Morgan fingerprint density at radius 3 is 3.00 bits per heavy atom. The summed E-state index contributed by atoms with van der Waals surface area (Å²) < 4.78 is 24.0. The van der Waals surface area contributed by atoms with E-state index < -0.39 is 5.82 Å². The molecule has 1 unspecified atom stereocenters. The summed E-state index contributed by atoms with van der Waals surface area (Å²) in [5.74, 6) is -0.143. The minimum Gasteiger partial charge on any atom is -0.495 e. The minimum atomic E-state index is -0.481. The predicted octanol–water partition coefficient (Wildman–Crippen LogP) is 2.15. The van der Waals surface area contributed by atoms with Gasteiger partial charge in [0.1, 0.15) is 16.6 Å². The van der Waals surface area contributed by atoms with Crippen LogP contribution >= 0.6 is 11.6 Å². The number of nitrogens with one attached hydrogen (secondary N) is 1. The van der Waals surface area contributed by atoms with E-state index in [0.717, 1.165) is 12.1 Å². The van der Waals surface area contributed by atoms with E-state index in [-0.39, 0.29) is 11.1 Å². The van der Waals surface area contributed by atoms with Crippen molar-refractivity contribution in [3.8, 4) is 5.75 Å². The SMILES string of the molecule is COc1cc(C2CNCCO2)cc(F)c1Cl. The van der Waals surface area contributed by atoms with Crippen molar-refractivity contribution in [2.75, 3.05) is 26.8 Å². The second-order valence-electron chi connectivity index (χ2n) is 3.58. The van der Waals surface area contributed by atoms with Crippen LogP contribution in [0.5, 0.6) is 5.75 Å². The van der Waals surface area contributed by atoms with Gasteiger partial charge in [-0.25, -0.2) is 4.39 Å². The standard InChI is InChI=1S/C11H13ClFNO2/c1-15-9-5-7(4-8(13)11(9)12)10-6-14-2-3-16-10/h4-5,10,14H,2-3,6H2,1H3. The van der Waals surface area contributed by atoms with Gasteiger partial charge in [0, 0.05) is 13.1 Å². The molecule has 16 heavy (non-hydrogen) atoms. The summed E-state index contributed by atoms with van der Waals surface area (Å²) in [7, 11) is 1.46. The van der Waals surface area contributed by atoms with Crippen molar-refractivity contribution in [1.29, 1.82) is 0 Å². The Hall–Kier alpha value is -0.840. The van der Waals surface area contributed by atoms with E-state index in [9.17, 15) is 4.39 Å². The Kier molecular flexibility index (Phi) is 3.63. The van der Waals surface area contributed by atoms with Gasteiger partial charge in [-0.3, -0.25) is 0 Å². The monoisotopic (exact) mass is 245 g/mol. The molecule has 1 fully saturated rings. The molecule has 0 radical (unpaired) electrons. The molecule has 0 saturated carbocycles. The van der Waals surface area contributed by atoms with Gasteiger partial charge in [0.15, 0.2) is 0 Å². The molecule has 1 aliphatic rings. The van der Waals surface area contributed by atoms with Crippen molar-refractivity contribution in [1.82, 2.24) is 5.32 Å². The molecule has 0 spiro atoms. The Bertz CT molecular complexity index is 380. The van der Waals surface area contributed by atoms with E-state index in [1.54, 1.807) is 6.07 Å². The van der Waals surface area contributed by atoms with Gasteiger partial charge in [-0.15, -0.1) is 0 Å². The van der Waals surface area contributed by atoms with Crippen LogP contribution in [0.15, 0.2) is 12.1 Å². The first-order chi connectivity index (χ1) is 7.72. The zero-order valence-corrected chi connectivity index (χ0v) is 9.68. The van der Waals surface area contributed by atoms with Crippen molar-refractivity contribution >= 4 is 11.6 Å². The number of ether oxygens (including phenoxy) is 2. The molecular weight excluding hydrogens is 233 g/mol. The fraction of sp³-hybridized carbons (Fsp3) is 0.455. The zero-order valence-electron chi connectivity index (χ0n) is 8.93. The third-order valence-corrected chi connectivity index (χ3v) is 2.90. The Morgan fingerprint density at radius 1 is 1.56 bits per heavy atom. The van der Waals surface area contributed by atoms with E-state index >= 15 is 0 Å². The van der Waals surface area contributed by atoms with Gasteiger partial charge in [0.05, 0.1) is 19.8 Å². The molecular formula is C11H13ClFNO2. The first-order valence-corrected chi connectivity index (χ1v) is 5.45. The molecule has 1 N–H and O–H groups in total. The van der Waals surface area contributed by atoms with Crippen molar-refractivity contribution in [3.05, 3.63) is 28.5 Å². The topological polar surface area (TPSA) is 30.5 Å². The Labute approximate surface area is 98.5 Å². The molecule has 5 heteroatoms. The molecule has 1 aliphatic heterocycles. The third-order valence-electron chi connectivity index (χ3n) is 2.54. The summed E-state index contributed by atoms with van der Waals surface area (Å²) in [4.78, 5) is 0. The number of hydrogen-bond acceptors (Lipinski definition) is 3.